The van der Waals surface area contributed by atoms with Crippen molar-refractivity contribution >= 4 is 23.9 Å². The van der Waals surface area contributed by atoms with Crippen molar-refractivity contribution in [2.75, 3.05) is 28.4 Å². The lowest BCUT2D eigenvalue weighted by atomic mass is 10.0. The maximum Gasteiger partial charge on any atom is 0.331 e. The molecule has 2 aromatic rings. The molecule has 1 saturated heterocycles. The number of rotatable bonds is 7. The van der Waals surface area contributed by atoms with E-state index in [0.717, 1.165) is 4.90 Å². The minimum atomic E-state index is -0.794. The molecule has 1 fully saturated rings. The van der Waals surface area contributed by atoms with Crippen molar-refractivity contribution in [2.45, 2.75) is 6.54 Å². The summed E-state index contributed by atoms with van der Waals surface area (Å²) in [7, 11) is 5.94. The molecule has 3 rings (SSSR count). The first-order valence-electron chi connectivity index (χ1n) is 9.23. The summed E-state index contributed by atoms with van der Waals surface area (Å²) in [5.41, 5.74) is 0.901. The van der Waals surface area contributed by atoms with Gasteiger partial charge >= 0.3 is 6.03 Å². The molecule has 0 aliphatic carbocycles. The van der Waals surface area contributed by atoms with Gasteiger partial charge in [0.15, 0.2) is 11.5 Å². The topological polar surface area (TPSA) is 103 Å². The molecule has 9 heteroatoms. The number of carbonyl (C=O) groups excluding carboxylic acids is 3. The number of amides is 4. The molecule has 1 aliphatic heterocycles. The van der Waals surface area contributed by atoms with Crippen LogP contribution in [0.1, 0.15) is 11.1 Å². The Bertz CT molecular complexity index is 1040. The normalized spacial score (nSPS) is 15.0. The molecule has 4 amide bonds. The van der Waals surface area contributed by atoms with Gasteiger partial charge in [0.25, 0.3) is 11.8 Å². The average Bonchev–Trinajstić information content (AvgIpc) is 2.79. The van der Waals surface area contributed by atoms with Gasteiger partial charge in [-0.3, -0.25) is 19.8 Å². The molecule has 0 spiro atoms. The minimum absolute atomic E-state index is 0.0116. The number of benzene rings is 2. The molecule has 0 bridgehead atoms. The summed E-state index contributed by atoms with van der Waals surface area (Å²) in [4.78, 5) is 38.7. The number of ether oxygens (including phenoxy) is 4. The van der Waals surface area contributed by atoms with Gasteiger partial charge in [-0.25, -0.2) is 4.79 Å². The van der Waals surface area contributed by atoms with Crippen molar-refractivity contribution in [3.05, 3.63) is 53.1 Å². The van der Waals surface area contributed by atoms with E-state index < -0.39 is 17.8 Å². The lowest BCUT2D eigenvalue weighted by Crippen LogP contribution is -2.53. The van der Waals surface area contributed by atoms with Crippen LogP contribution >= 0.6 is 0 Å². The molecule has 0 radical (unpaired) electrons. The average molecular weight is 426 g/mol. The SMILES string of the molecule is COc1ccc(CN2C(=O)NC(=O)C(=Cc3cc(OC)c(OC)cc3OC)C2=O)cc1. The molecule has 0 atom stereocenters. The van der Waals surface area contributed by atoms with Crippen LogP contribution in [0.4, 0.5) is 4.79 Å². The molecular formula is C22H22N2O7. The third kappa shape index (κ3) is 4.45. The predicted molar refractivity (Wildman–Crippen MR) is 111 cm³/mol. The van der Waals surface area contributed by atoms with Crippen molar-refractivity contribution in [1.82, 2.24) is 10.2 Å². The quantitative estimate of drug-likeness (QED) is 0.536. The van der Waals surface area contributed by atoms with Gasteiger partial charge in [-0.1, -0.05) is 12.1 Å². The van der Waals surface area contributed by atoms with Crippen LogP contribution < -0.4 is 24.3 Å². The Morgan fingerprint density at radius 1 is 0.839 bits per heavy atom. The zero-order chi connectivity index (χ0) is 22.5. The fraction of sp³-hybridized carbons (Fsp3) is 0.227. The highest BCUT2D eigenvalue weighted by molar-refractivity contribution is 6.31. The second kappa shape index (κ2) is 9.21. The number of methoxy groups -OCH3 is 4. The maximum atomic E-state index is 13.0. The van der Waals surface area contributed by atoms with Crippen LogP contribution in [0.2, 0.25) is 0 Å². The van der Waals surface area contributed by atoms with E-state index in [-0.39, 0.29) is 12.1 Å². The number of hydrogen-bond donors (Lipinski definition) is 1. The first-order valence-corrected chi connectivity index (χ1v) is 9.23. The number of imide groups is 2. The summed E-state index contributed by atoms with van der Waals surface area (Å²) >= 11 is 0. The third-order valence-electron chi connectivity index (χ3n) is 4.72. The molecule has 2 aromatic carbocycles. The molecule has 0 saturated carbocycles. The van der Waals surface area contributed by atoms with Crippen LogP contribution in [0.25, 0.3) is 6.08 Å². The summed E-state index contributed by atoms with van der Waals surface area (Å²) in [6.45, 7) is -0.0116. The smallest absolute Gasteiger partial charge is 0.331 e. The van der Waals surface area contributed by atoms with Crippen LogP contribution in [-0.4, -0.2) is 51.2 Å². The van der Waals surface area contributed by atoms with Crippen molar-refractivity contribution in [2.24, 2.45) is 0 Å². The highest BCUT2D eigenvalue weighted by Gasteiger charge is 2.36. The lowest BCUT2D eigenvalue weighted by molar-refractivity contribution is -0.130. The second-order valence-corrected chi connectivity index (χ2v) is 6.51. The van der Waals surface area contributed by atoms with Crippen molar-refractivity contribution in [3.8, 4) is 23.0 Å². The Labute approximate surface area is 179 Å². The molecule has 1 aliphatic rings. The minimum Gasteiger partial charge on any atom is -0.497 e. The fourth-order valence-corrected chi connectivity index (χ4v) is 3.07. The lowest BCUT2D eigenvalue weighted by Gasteiger charge is -2.26. The Morgan fingerprint density at radius 3 is 2.03 bits per heavy atom. The van der Waals surface area contributed by atoms with Crippen LogP contribution in [0.5, 0.6) is 23.0 Å². The summed E-state index contributed by atoms with van der Waals surface area (Å²) in [6, 6.07) is 9.28. The number of carbonyl (C=O) groups is 3. The van der Waals surface area contributed by atoms with E-state index in [9.17, 15) is 14.4 Å². The Morgan fingerprint density at radius 2 is 1.45 bits per heavy atom. The first kappa shape index (κ1) is 21.7. The van der Waals surface area contributed by atoms with Gasteiger partial charge in [0.1, 0.15) is 17.1 Å². The van der Waals surface area contributed by atoms with Crippen LogP contribution in [0, 0.1) is 0 Å². The largest absolute Gasteiger partial charge is 0.497 e. The van der Waals surface area contributed by atoms with Crippen molar-refractivity contribution in [1.29, 1.82) is 0 Å². The summed E-state index contributed by atoms with van der Waals surface area (Å²) < 4.78 is 21.0. The van der Waals surface area contributed by atoms with Gasteiger partial charge in [-0.05, 0) is 29.8 Å². The van der Waals surface area contributed by atoms with Gasteiger partial charge in [0.2, 0.25) is 0 Å². The number of nitrogens with zero attached hydrogens (tertiary/aromatic N) is 1. The van der Waals surface area contributed by atoms with E-state index in [4.69, 9.17) is 18.9 Å². The number of urea groups is 1. The van der Waals surface area contributed by atoms with E-state index in [1.165, 1.54) is 27.4 Å². The van der Waals surface area contributed by atoms with Crippen molar-refractivity contribution < 1.29 is 33.3 Å². The summed E-state index contributed by atoms with van der Waals surface area (Å²) in [6.07, 6.45) is 1.35. The molecule has 162 valence electrons. The molecular weight excluding hydrogens is 404 g/mol. The first-order chi connectivity index (χ1) is 14.9. The van der Waals surface area contributed by atoms with Gasteiger partial charge < -0.3 is 18.9 Å². The van der Waals surface area contributed by atoms with Crippen molar-refractivity contribution in [3.63, 3.8) is 0 Å². The molecule has 1 N–H and O–H groups in total. The summed E-state index contributed by atoms with van der Waals surface area (Å²) in [5, 5.41) is 2.20. The van der Waals surface area contributed by atoms with E-state index in [1.807, 2.05) is 0 Å². The summed E-state index contributed by atoms with van der Waals surface area (Å²) in [5.74, 6) is 0.320. The number of nitrogens with one attached hydrogen (secondary N) is 1. The number of hydrogen-bond acceptors (Lipinski definition) is 7. The molecule has 31 heavy (non-hydrogen) atoms. The monoisotopic (exact) mass is 426 g/mol. The number of barbiturate groups is 1. The van der Waals surface area contributed by atoms with E-state index in [0.29, 0.717) is 34.1 Å². The van der Waals surface area contributed by atoms with E-state index in [1.54, 1.807) is 43.5 Å². The fourth-order valence-electron chi connectivity index (χ4n) is 3.07. The van der Waals surface area contributed by atoms with Crippen LogP contribution in [-0.2, 0) is 16.1 Å². The van der Waals surface area contributed by atoms with Gasteiger partial charge in [0.05, 0.1) is 35.0 Å². The molecule has 9 nitrogen and oxygen atoms in total. The van der Waals surface area contributed by atoms with Crippen LogP contribution in [0.3, 0.4) is 0 Å². The van der Waals surface area contributed by atoms with Gasteiger partial charge in [-0.2, -0.15) is 0 Å². The predicted octanol–water partition coefficient (Wildman–Crippen LogP) is 2.38. The zero-order valence-electron chi connectivity index (χ0n) is 17.6. The second-order valence-electron chi connectivity index (χ2n) is 6.51. The molecule has 0 unspecified atom stereocenters. The molecule has 0 aromatic heterocycles. The Hall–Kier alpha value is -4.01. The Balaban J connectivity index is 1.96. The third-order valence-corrected chi connectivity index (χ3v) is 4.72. The Kier molecular flexibility index (Phi) is 6.44. The van der Waals surface area contributed by atoms with Gasteiger partial charge in [-0.15, -0.1) is 0 Å². The highest BCUT2D eigenvalue weighted by atomic mass is 16.5. The zero-order valence-corrected chi connectivity index (χ0v) is 17.6. The van der Waals surface area contributed by atoms with E-state index in [2.05, 4.69) is 5.32 Å². The van der Waals surface area contributed by atoms with Crippen LogP contribution in [0.15, 0.2) is 42.0 Å². The highest BCUT2D eigenvalue weighted by Crippen LogP contribution is 2.36. The molecule has 1 heterocycles. The van der Waals surface area contributed by atoms with Gasteiger partial charge in [0, 0.05) is 11.6 Å². The maximum absolute atomic E-state index is 13.0. The van der Waals surface area contributed by atoms with E-state index >= 15 is 0 Å². The standard InChI is InChI=1S/C22H22N2O7/c1-28-15-7-5-13(6-8-15)12-24-21(26)16(20(25)23-22(24)27)9-14-10-18(30-3)19(31-4)11-17(14)29-2/h5-11H,12H2,1-4H3,(H,23,25,27).